The smallest absolute Gasteiger partial charge is 0.490 e. The first kappa shape index (κ1) is 26.4. The first-order valence-electron chi connectivity index (χ1n) is 8.03. The molecule has 0 aliphatic carbocycles. The van der Waals surface area contributed by atoms with E-state index in [0.29, 0.717) is 4.90 Å². The molecule has 1 aromatic rings. The summed E-state index contributed by atoms with van der Waals surface area (Å²) in [5.41, 5.74) is 5.40. The number of nitrogens with zero attached hydrogens (tertiary/aromatic N) is 1. The molecular formula is C14H16F3N5O9S. The number of aromatic hydroxyl groups is 2. The number of benzene rings is 1. The molecule has 1 atom stereocenters. The van der Waals surface area contributed by atoms with Crippen LogP contribution in [0.5, 0.6) is 11.5 Å². The third-order valence-electron chi connectivity index (χ3n) is 3.35. The van der Waals surface area contributed by atoms with E-state index < -0.39 is 58.5 Å². The first-order chi connectivity index (χ1) is 14.5. The molecule has 4 amide bonds. The highest BCUT2D eigenvalue weighted by atomic mass is 32.2. The third kappa shape index (κ3) is 7.89. The van der Waals surface area contributed by atoms with Gasteiger partial charge in [0.15, 0.2) is 11.5 Å². The predicted molar refractivity (Wildman–Crippen MR) is 97.2 cm³/mol. The van der Waals surface area contributed by atoms with Gasteiger partial charge in [-0.2, -0.15) is 26.3 Å². The number of aliphatic carboxylic acids is 1. The zero-order valence-corrected chi connectivity index (χ0v) is 16.4. The number of hydrogen-bond acceptors (Lipinski definition) is 9. The molecule has 2 rings (SSSR count). The van der Waals surface area contributed by atoms with Gasteiger partial charge in [-0.3, -0.25) is 14.5 Å². The molecule has 0 aromatic heterocycles. The molecule has 1 aromatic carbocycles. The van der Waals surface area contributed by atoms with Gasteiger partial charge in [0.25, 0.3) is 0 Å². The number of amides is 4. The van der Waals surface area contributed by atoms with Crippen molar-refractivity contribution in [2.45, 2.75) is 12.2 Å². The normalized spacial score (nSPS) is 15.7. The second-order valence-corrected chi connectivity index (χ2v) is 7.34. The SMILES string of the molecule is N[C@H]1CN(C(=O)NS(=O)(=O)NCC(=O)Nc2ccc(O)c(O)c2)C1=O.O=C(O)C(F)(F)F. The van der Waals surface area contributed by atoms with Gasteiger partial charge < -0.3 is 26.4 Å². The maximum Gasteiger partial charge on any atom is 0.490 e. The summed E-state index contributed by atoms with van der Waals surface area (Å²) in [6, 6.07) is 1.45. The topological polar surface area (TPSA) is 228 Å². The van der Waals surface area contributed by atoms with Gasteiger partial charge in [-0.1, -0.05) is 0 Å². The fraction of sp³-hybridized carbons (Fsp3) is 0.286. The van der Waals surface area contributed by atoms with Crippen molar-refractivity contribution in [1.29, 1.82) is 0 Å². The average Bonchev–Trinajstić information content (AvgIpc) is 2.66. The molecule has 1 aliphatic rings. The number of carbonyl (C=O) groups is 4. The van der Waals surface area contributed by atoms with Crippen LogP contribution in [0.3, 0.4) is 0 Å². The fourth-order valence-electron chi connectivity index (χ4n) is 1.81. The Kier molecular flexibility index (Phi) is 8.34. The molecule has 0 bridgehead atoms. The van der Waals surface area contributed by atoms with E-state index in [4.69, 9.17) is 20.7 Å². The number of halogens is 3. The lowest BCUT2D eigenvalue weighted by molar-refractivity contribution is -0.192. The van der Waals surface area contributed by atoms with Crippen molar-refractivity contribution in [2.24, 2.45) is 5.73 Å². The van der Waals surface area contributed by atoms with Gasteiger partial charge in [0.1, 0.15) is 6.04 Å². The second-order valence-electron chi connectivity index (χ2n) is 5.84. The minimum Gasteiger partial charge on any atom is -0.504 e. The average molecular weight is 487 g/mol. The number of imide groups is 1. The molecule has 14 nitrogen and oxygen atoms in total. The predicted octanol–water partition coefficient (Wildman–Crippen LogP) is -1.62. The number of β-lactam (4-membered cyclic amide) rings is 1. The van der Waals surface area contributed by atoms with Gasteiger partial charge in [0.05, 0.1) is 13.1 Å². The molecule has 1 heterocycles. The molecule has 178 valence electrons. The summed E-state index contributed by atoms with van der Waals surface area (Å²) in [5.74, 6) is -5.13. The van der Waals surface area contributed by atoms with Crippen molar-refractivity contribution in [2.75, 3.05) is 18.4 Å². The molecule has 18 heteroatoms. The third-order valence-corrected chi connectivity index (χ3v) is 4.32. The number of nitrogens with one attached hydrogen (secondary N) is 3. The summed E-state index contributed by atoms with van der Waals surface area (Å²) in [6.07, 6.45) is -5.08. The van der Waals surface area contributed by atoms with Crippen LogP contribution in [0.2, 0.25) is 0 Å². The van der Waals surface area contributed by atoms with E-state index >= 15 is 0 Å². The molecule has 32 heavy (non-hydrogen) atoms. The molecule has 1 saturated heterocycles. The zero-order chi connectivity index (χ0) is 24.9. The molecule has 0 unspecified atom stereocenters. The molecule has 0 spiro atoms. The Morgan fingerprint density at radius 3 is 2.19 bits per heavy atom. The highest BCUT2D eigenvalue weighted by molar-refractivity contribution is 7.88. The number of rotatable bonds is 5. The molecule has 8 N–H and O–H groups in total. The van der Waals surface area contributed by atoms with Crippen molar-refractivity contribution in [3.63, 3.8) is 0 Å². The molecule has 0 saturated carbocycles. The van der Waals surface area contributed by atoms with E-state index in [1.165, 1.54) is 6.07 Å². The Morgan fingerprint density at radius 2 is 1.75 bits per heavy atom. The summed E-state index contributed by atoms with van der Waals surface area (Å²) in [7, 11) is -4.38. The Hall–Kier alpha value is -3.64. The lowest BCUT2D eigenvalue weighted by atomic mass is 10.1. The second kappa shape index (κ2) is 10.1. The minimum atomic E-state index is -5.08. The van der Waals surface area contributed by atoms with Crippen LogP contribution < -0.4 is 20.5 Å². The highest BCUT2D eigenvalue weighted by Crippen LogP contribution is 2.27. The summed E-state index contributed by atoms with van der Waals surface area (Å²) >= 11 is 0. The number of anilines is 1. The van der Waals surface area contributed by atoms with Gasteiger partial charge in [0.2, 0.25) is 11.8 Å². The number of likely N-dealkylation sites (tertiary alicyclic amines) is 1. The van der Waals surface area contributed by atoms with Crippen LogP contribution in [0, 0.1) is 0 Å². The lowest BCUT2D eigenvalue weighted by Crippen LogP contribution is -2.65. The van der Waals surface area contributed by atoms with Gasteiger partial charge >= 0.3 is 28.4 Å². The Bertz CT molecular complexity index is 1020. The Morgan fingerprint density at radius 1 is 1.19 bits per heavy atom. The van der Waals surface area contributed by atoms with Crippen LogP contribution in [0.4, 0.5) is 23.7 Å². The van der Waals surface area contributed by atoms with E-state index in [-0.39, 0.29) is 18.0 Å². The van der Waals surface area contributed by atoms with Crippen molar-refractivity contribution in [1.82, 2.24) is 14.3 Å². The van der Waals surface area contributed by atoms with Gasteiger partial charge in [-0.05, 0) is 12.1 Å². The summed E-state index contributed by atoms with van der Waals surface area (Å²) < 4.78 is 58.4. The number of phenols is 2. The summed E-state index contributed by atoms with van der Waals surface area (Å²) in [5, 5.41) is 27.8. The minimum absolute atomic E-state index is 0.106. The van der Waals surface area contributed by atoms with Crippen LogP contribution in [0.15, 0.2) is 18.2 Å². The van der Waals surface area contributed by atoms with E-state index in [0.717, 1.165) is 12.1 Å². The quantitative estimate of drug-likeness (QED) is 0.143. The number of carboxylic acid groups (broad SMARTS) is 1. The van der Waals surface area contributed by atoms with Crippen LogP contribution in [-0.4, -0.2) is 77.8 Å². The van der Waals surface area contributed by atoms with Crippen molar-refractivity contribution in [3.8, 4) is 11.5 Å². The first-order valence-corrected chi connectivity index (χ1v) is 9.52. The van der Waals surface area contributed by atoms with E-state index in [9.17, 15) is 41.1 Å². The maximum atomic E-state index is 11.7. The van der Waals surface area contributed by atoms with E-state index in [1.807, 2.05) is 4.72 Å². The summed E-state index contributed by atoms with van der Waals surface area (Å²) in [6.45, 7) is -0.831. The van der Waals surface area contributed by atoms with Crippen LogP contribution in [0.25, 0.3) is 0 Å². The maximum absolute atomic E-state index is 11.7. The zero-order valence-electron chi connectivity index (χ0n) is 15.6. The molecule has 1 fully saturated rings. The lowest BCUT2D eigenvalue weighted by Gasteiger charge is -2.33. The van der Waals surface area contributed by atoms with Crippen molar-refractivity contribution >= 4 is 39.7 Å². The molecule has 1 aliphatic heterocycles. The van der Waals surface area contributed by atoms with E-state index in [2.05, 4.69) is 5.32 Å². The van der Waals surface area contributed by atoms with E-state index in [1.54, 1.807) is 4.72 Å². The van der Waals surface area contributed by atoms with Crippen LogP contribution >= 0.6 is 0 Å². The van der Waals surface area contributed by atoms with Crippen LogP contribution in [-0.2, 0) is 24.6 Å². The number of urea groups is 1. The number of carboxylic acids is 1. The fourth-order valence-corrected chi connectivity index (χ4v) is 2.54. The molecular weight excluding hydrogens is 471 g/mol. The van der Waals surface area contributed by atoms with Gasteiger partial charge in [-0.15, -0.1) is 0 Å². The Balaban J connectivity index is 0.000000633. The largest absolute Gasteiger partial charge is 0.504 e. The van der Waals surface area contributed by atoms with Crippen molar-refractivity contribution < 1.29 is 56.1 Å². The van der Waals surface area contributed by atoms with Gasteiger partial charge in [0, 0.05) is 11.8 Å². The summed E-state index contributed by atoms with van der Waals surface area (Å²) in [4.78, 5) is 44.0. The molecule has 0 radical (unpaired) electrons. The number of nitrogens with two attached hydrogens (primary N) is 1. The number of carbonyl (C=O) groups excluding carboxylic acids is 3. The van der Waals surface area contributed by atoms with Crippen molar-refractivity contribution in [3.05, 3.63) is 18.2 Å². The number of phenolic OH excluding ortho intramolecular Hbond substituents is 2. The Labute approximate surface area is 177 Å². The van der Waals surface area contributed by atoms with Crippen LogP contribution in [0.1, 0.15) is 0 Å². The monoisotopic (exact) mass is 487 g/mol. The highest BCUT2D eigenvalue weighted by Gasteiger charge is 2.39. The number of alkyl halides is 3. The number of hydrogen-bond donors (Lipinski definition) is 7. The standard InChI is InChI=1S/C12H15N5O7S.C2HF3O2/c13-7-5-17(11(7)21)12(22)16-25(23,24)14-4-10(20)15-6-1-2-8(18)9(19)3-6;3-2(4,5)1(6)7/h1-3,7,14,18-19H,4-5,13H2,(H,15,20)(H,16,22);(H,6,7)/t7-;/m0./s1. The van der Waals surface area contributed by atoms with Gasteiger partial charge in [-0.25, -0.2) is 14.3 Å².